The summed E-state index contributed by atoms with van der Waals surface area (Å²) >= 11 is 0. The third-order valence-electron chi connectivity index (χ3n) is 6.10. The first-order chi connectivity index (χ1) is 13.0. The molecular weight excluding hydrogens is 345 g/mol. The Morgan fingerprint density at radius 3 is 2.07 bits per heavy atom. The molecule has 3 rings (SSSR count). The zero-order valence-corrected chi connectivity index (χ0v) is 16.3. The minimum atomic E-state index is -0.667. The third-order valence-corrected chi connectivity index (χ3v) is 6.10. The summed E-state index contributed by atoms with van der Waals surface area (Å²) in [4.78, 5) is 0. The molecule has 0 N–H and O–H groups in total. The van der Waals surface area contributed by atoms with Crippen molar-refractivity contribution in [2.45, 2.75) is 71.1 Å². The van der Waals surface area contributed by atoms with Crippen LogP contribution in [0.15, 0.2) is 30.3 Å². The highest BCUT2D eigenvalue weighted by atomic mass is 19.2. The fourth-order valence-electron chi connectivity index (χ4n) is 4.29. The van der Waals surface area contributed by atoms with Crippen LogP contribution in [0, 0.1) is 30.3 Å². The first kappa shape index (κ1) is 20.0. The first-order valence-electron chi connectivity index (χ1n) is 10.2. The van der Waals surface area contributed by atoms with Gasteiger partial charge in [0.2, 0.25) is 0 Å². The standard InChI is InChI=1S/C24H29F3/c1-3-4-19-13-14-20(24(27)23(19)26)12-8-17-6-10-18(11-7-17)21-9-5-16(2)22(25)15-21/h5,9,13-15,17-18H,3-4,6-8,10-12H2,1-2H3. The monoisotopic (exact) mass is 374 g/mol. The molecule has 0 heterocycles. The minimum Gasteiger partial charge on any atom is -0.207 e. The molecule has 1 fully saturated rings. The van der Waals surface area contributed by atoms with Crippen LogP contribution in [0.4, 0.5) is 13.2 Å². The Labute approximate surface area is 160 Å². The molecule has 0 saturated heterocycles. The highest BCUT2D eigenvalue weighted by Crippen LogP contribution is 2.38. The Kier molecular flexibility index (Phi) is 6.62. The summed E-state index contributed by atoms with van der Waals surface area (Å²) in [5.74, 6) is -0.504. The summed E-state index contributed by atoms with van der Waals surface area (Å²) in [5, 5.41) is 0. The SMILES string of the molecule is CCCc1ccc(CCC2CCC(c3ccc(C)c(F)c3)CC2)c(F)c1F. The van der Waals surface area contributed by atoms with Gasteiger partial charge in [-0.3, -0.25) is 0 Å². The zero-order chi connectivity index (χ0) is 19.4. The molecule has 1 aliphatic rings. The lowest BCUT2D eigenvalue weighted by Crippen LogP contribution is -2.14. The maximum Gasteiger partial charge on any atom is 0.162 e. The van der Waals surface area contributed by atoms with E-state index in [1.165, 1.54) is 0 Å². The van der Waals surface area contributed by atoms with E-state index in [0.29, 0.717) is 41.4 Å². The number of hydrogen-bond acceptors (Lipinski definition) is 0. The van der Waals surface area contributed by atoms with Gasteiger partial charge >= 0.3 is 0 Å². The maximum absolute atomic E-state index is 14.3. The zero-order valence-electron chi connectivity index (χ0n) is 16.3. The van der Waals surface area contributed by atoms with Crippen LogP contribution in [0.1, 0.15) is 73.6 Å². The van der Waals surface area contributed by atoms with E-state index in [2.05, 4.69) is 0 Å². The van der Waals surface area contributed by atoms with Crippen LogP contribution >= 0.6 is 0 Å². The number of aryl methyl sites for hydroxylation is 3. The van der Waals surface area contributed by atoms with Crippen LogP contribution in [-0.4, -0.2) is 0 Å². The second kappa shape index (κ2) is 8.95. The van der Waals surface area contributed by atoms with E-state index in [9.17, 15) is 13.2 Å². The van der Waals surface area contributed by atoms with Crippen LogP contribution in [0.2, 0.25) is 0 Å². The number of benzene rings is 2. The largest absolute Gasteiger partial charge is 0.207 e. The van der Waals surface area contributed by atoms with Gasteiger partial charge in [-0.15, -0.1) is 0 Å². The number of halogens is 3. The molecule has 146 valence electrons. The van der Waals surface area contributed by atoms with Crippen molar-refractivity contribution in [2.24, 2.45) is 5.92 Å². The lowest BCUT2D eigenvalue weighted by molar-refractivity contribution is 0.308. The molecule has 0 radical (unpaired) electrons. The molecule has 0 amide bonds. The number of hydrogen-bond donors (Lipinski definition) is 0. The number of rotatable bonds is 6. The van der Waals surface area contributed by atoms with Gasteiger partial charge in [-0.1, -0.05) is 37.6 Å². The van der Waals surface area contributed by atoms with Crippen molar-refractivity contribution in [1.29, 1.82) is 0 Å². The van der Waals surface area contributed by atoms with Crippen LogP contribution in [0.3, 0.4) is 0 Å². The van der Waals surface area contributed by atoms with Crippen molar-refractivity contribution in [3.8, 4) is 0 Å². The predicted molar refractivity (Wildman–Crippen MR) is 105 cm³/mol. The Hall–Kier alpha value is -1.77. The highest BCUT2D eigenvalue weighted by molar-refractivity contribution is 5.28. The van der Waals surface area contributed by atoms with Gasteiger partial charge in [0.05, 0.1) is 0 Å². The Morgan fingerprint density at radius 2 is 1.48 bits per heavy atom. The first-order valence-corrected chi connectivity index (χ1v) is 10.2. The second-order valence-corrected chi connectivity index (χ2v) is 8.03. The van der Waals surface area contributed by atoms with E-state index in [4.69, 9.17) is 0 Å². The average Bonchev–Trinajstić information content (AvgIpc) is 2.68. The molecule has 0 aromatic heterocycles. The molecule has 0 atom stereocenters. The summed E-state index contributed by atoms with van der Waals surface area (Å²) in [6, 6.07) is 9.07. The molecule has 0 bridgehead atoms. The molecule has 2 aromatic rings. The molecule has 1 aliphatic carbocycles. The summed E-state index contributed by atoms with van der Waals surface area (Å²) < 4.78 is 42.2. The van der Waals surface area contributed by atoms with E-state index >= 15 is 0 Å². The molecule has 1 saturated carbocycles. The smallest absolute Gasteiger partial charge is 0.162 e. The van der Waals surface area contributed by atoms with Crippen LogP contribution in [0.25, 0.3) is 0 Å². The van der Waals surface area contributed by atoms with Gasteiger partial charge in [0.15, 0.2) is 11.6 Å². The van der Waals surface area contributed by atoms with Gasteiger partial charge in [0, 0.05) is 0 Å². The van der Waals surface area contributed by atoms with E-state index in [1.807, 2.05) is 19.1 Å². The van der Waals surface area contributed by atoms with Gasteiger partial charge in [-0.05, 0) is 92.0 Å². The van der Waals surface area contributed by atoms with Crippen molar-refractivity contribution >= 4 is 0 Å². The Balaban J connectivity index is 1.54. The van der Waals surface area contributed by atoms with Gasteiger partial charge in [0.25, 0.3) is 0 Å². The van der Waals surface area contributed by atoms with Gasteiger partial charge in [-0.2, -0.15) is 0 Å². The molecule has 27 heavy (non-hydrogen) atoms. The van der Waals surface area contributed by atoms with E-state index < -0.39 is 11.6 Å². The Bertz CT molecular complexity index is 773. The average molecular weight is 374 g/mol. The van der Waals surface area contributed by atoms with Crippen LogP contribution in [-0.2, 0) is 12.8 Å². The quantitative estimate of drug-likeness (QED) is 0.499. The maximum atomic E-state index is 14.3. The van der Waals surface area contributed by atoms with E-state index in [1.54, 1.807) is 25.1 Å². The van der Waals surface area contributed by atoms with Gasteiger partial charge in [0.1, 0.15) is 5.82 Å². The normalized spacial score (nSPS) is 20.0. The van der Waals surface area contributed by atoms with Crippen molar-refractivity contribution in [1.82, 2.24) is 0 Å². The van der Waals surface area contributed by atoms with Crippen molar-refractivity contribution in [3.05, 3.63) is 70.0 Å². The molecule has 2 aromatic carbocycles. The predicted octanol–water partition coefficient (Wildman–Crippen LogP) is 7.27. The third kappa shape index (κ3) is 4.75. The van der Waals surface area contributed by atoms with Crippen molar-refractivity contribution in [2.75, 3.05) is 0 Å². The molecule has 0 nitrogen and oxygen atoms in total. The lowest BCUT2D eigenvalue weighted by Gasteiger charge is -2.29. The summed E-state index contributed by atoms with van der Waals surface area (Å²) in [7, 11) is 0. The highest BCUT2D eigenvalue weighted by Gasteiger charge is 2.23. The summed E-state index contributed by atoms with van der Waals surface area (Å²) in [5.41, 5.74) is 2.75. The Morgan fingerprint density at radius 1 is 0.852 bits per heavy atom. The molecule has 0 spiro atoms. The van der Waals surface area contributed by atoms with Crippen LogP contribution < -0.4 is 0 Å². The van der Waals surface area contributed by atoms with E-state index in [-0.39, 0.29) is 5.82 Å². The van der Waals surface area contributed by atoms with Crippen molar-refractivity contribution in [3.63, 3.8) is 0 Å². The second-order valence-electron chi connectivity index (χ2n) is 8.03. The van der Waals surface area contributed by atoms with Crippen LogP contribution in [0.5, 0.6) is 0 Å². The lowest BCUT2D eigenvalue weighted by atomic mass is 9.76. The molecule has 0 aliphatic heterocycles. The van der Waals surface area contributed by atoms with E-state index in [0.717, 1.165) is 44.1 Å². The summed E-state index contributed by atoms with van der Waals surface area (Å²) in [6.45, 7) is 3.75. The van der Waals surface area contributed by atoms with Gasteiger partial charge < -0.3 is 0 Å². The van der Waals surface area contributed by atoms with Crippen molar-refractivity contribution < 1.29 is 13.2 Å². The fraction of sp³-hybridized carbons (Fsp3) is 0.500. The molecule has 3 heteroatoms. The molecule has 0 unspecified atom stereocenters. The topological polar surface area (TPSA) is 0 Å². The molecular formula is C24H29F3. The summed E-state index contributed by atoms with van der Waals surface area (Å²) in [6.07, 6.45) is 7.08. The van der Waals surface area contributed by atoms with Gasteiger partial charge in [-0.25, -0.2) is 13.2 Å². The minimum absolute atomic E-state index is 0.126. The fourth-order valence-corrected chi connectivity index (χ4v) is 4.29.